The highest BCUT2D eigenvalue weighted by Crippen LogP contribution is 2.37. The maximum atomic E-state index is 13.5. The van der Waals surface area contributed by atoms with Gasteiger partial charge < -0.3 is 0 Å². The molecule has 0 bridgehead atoms. The van der Waals surface area contributed by atoms with Crippen molar-refractivity contribution in [3.63, 3.8) is 0 Å². The van der Waals surface area contributed by atoms with Crippen molar-refractivity contribution in [2.24, 2.45) is 0 Å². The second-order valence-electron chi connectivity index (χ2n) is 4.60. The van der Waals surface area contributed by atoms with E-state index in [1.54, 1.807) is 24.3 Å². The smallest absolute Gasteiger partial charge is 0.299 e. The van der Waals surface area contributed by atoms with Crippen LogP contribution in [0.3, 0.4) is 0 Å². The molecule has 0 N–H and O–H groups in total. The SMILES string of the molecule is O=C1C(=O)N(Cc2ccc(Cl)c(F)c2)c2c(Br)cccc21. The highest BCUT2D eigenvalue weighted by molar-refractivity contribution is 9.10. The lowest BCUT2D eigenvalue weighted by molar-refractivity contribution is -0.114. The van der Waals surface area contributed by atoms with E-state index in [1.165, 1.54) is 17.0 Å². The van der Waals surface area contributed by atoms with Crippen LogP contribution in [-0.4, -0.2) is 11.7 Å². The Labute approximate surface area is 133 Å². The zero-order valence-corrected chi connectivity index (χ0v) is 12.9. The molecule has 0 spiro atoms. The van der Waals surface area contributed by atoms with Crippen LogP contribution in [0.1, 0.15) is 15.9 Å². The Morgan fingerprint density at radius 3 is 2.67 bits per heavy atom. The molecular weight excluding hydrogens is 361 g/mol. The molecule has 0 unspecified atom stereocenters. The van der Waals surface area contributed by atoms with Gasteiger partial charge in [0.1, 0.15) is 5.82 Å². The third kappa shape index (κ3) is 2.36. The van der Waals surface area contributed by atoms with Crippen molar-refractivity contribution in [2.75, 3.05) is 4.90 Å². The third-order valence-corrected chi connectivity index (χ3v) is 4.21. The number of Topliss-reactive ketones (excluding diaryl/α,β-unsaturated/α-hetero) is 1. The Bertz CT molecular complexity index is 778. The second-order valence-corrected chi connectivity index (χ2v) is 5.87. The molecule has 106 valence electrons. The highest BCUT2D eigenvalue weighted by Gasteiger charge is 2.37. The van der Waals surface area contributed by atoms with Crippen molar-refractivity contribution in [3.8, 4) is 0 Å². The molecule has 21 heavy (non-hydrogen) atoms. The number of carbonyl (C=O) groups excluding carboxylic acids is 2. The summed E-state index contributed by atoms with van der Waals surface area (Å²) < 4.78 is 14.1. The summed E-state index contributed by atoms with van der Waals surface area (Å²) in [5, 5.41) is 0.0177. The lowest BCUT2D eigenvalue weighted by Gasteiger charge is -2.18. The summed E-state index contributed by atoms with van der Waals surface area (Å²) in [7, 11) is 0. The number of hydrogen-bond donors (Lipinski definition) is 0. The molecule has 2 aromatic carbocycles. The van der Waals surface area contributed by atoms with E-state index in [0.29, 0.717) is 21.3 Å². The van der Waals surface area contributed by atoms with E-state index in [2.05, 4.69) is 15.9 Å². The van der Waals surface area contributed by atoms with Crippen LogP contribution < -0.4 is 4.90 Å². The fraction of sp³-hybridized carbons (Fsp3) is 0.0667. The van der Waals surface area contributed by atoms with Gasteiger partial charge in [0.05, 0.1) is 22.8 Å². The number of anilines is 1. The minimum atomic E-state index is -0.618. The quantitative estimate of drug-likeness (QED) is 0.752. The van der Waals surface area contributed by atoms with Crippen LogP contribution in [0.2, 0.25) is 5.02 Å². The lowest BCUT2D eigenvalue weighted by atomic mass is 10.1. The Morgan fingerprint density at radius 1 is 1.19 bits per heavy atom. The molecule has 0 radical (unpaired) electrons. The van der Waals surface area contributed by atoms with E-state index < -0.39 is 17.5 Å². The van der Waals surface area contributed by atoms with E-state index in [1.807, 2.05) is 0 Å². The highest BCUT2D eigenvalue weighted by atomic mass is 79.9. The predicted molar refractivity (Wildman–Crippen MR) is 81.1 cm³/mol. The lowest BCUT2D eigenvalue weighted by Crippen LogP contribution is -2.29. The summed E-state index contributed by atoms with van der Waals surface area (Å²) in [6.45, 7) is 0.105. The predicted octanol–water partition coefficient (Wildman–Crippen LogP) is 3.97. The normalized spacial score (nSPS) is 13.8. The monoisotopic (exact) mass is 367 g/mol. The maximum absolute atomic E-state index is 13.5. The molecule has 3 rings (SSSR count). The van der Waals surface area contributed by atoms with Crippen molar-refractivity contribution in [1.82, 2.24) is 0 Å². The zero-order valence-electron chi connectivity index (χ0n) is 10.6. The standard InChI is InChI=1S/C15H8BrClFNO2/c16-10-3-1-2-9-13(10)19(15(21)14(9)20)7-8-4-5-11(17)12(18)6-8/h1-6H,7H2. The number of halogens is 3. The molecule has 0 saturated heterocycles. The van der Waals surface area contributed by atoms with Gasteiger partial charge in [-0.2, -0.15) is 0 Å². The van der Waals surface area contributed by atoms with E-state index >= 15 is 0 Å². The first-order chi connectivity index (χ1) is 9.99. The molecule has 0 aromatic heterocycles. The molecule has 2 aromatic rings. The number of amides is 1. The molecule has 1 aliphatic rings. The molecule has 6 heteroatoms. The average molecular weight is 369 g/mol. The summed E-state index contributed by atoms with van der Waals surface area (Å²) in [6.07, 6.45) is 0. The fourth-order valence-electron chi connectivity index (χ4n) is 2.28. The van der Waals surface area contributed by atoms with Gasteiger partial charge in [0.25, 0.3) is 11.7 Å². The first-order valence-corrected chi connectivity index (χ1v) is 7.25. The van der Waals surface area contributed by atoms with Crippen LogP contribution in [-0.2, 0) is 11.3 Å². The number of rotatable bonds is 2. The molecule has 1 amide bonds. The summed E-state index contributed by atoms with van der Waals surface area (Å²) in [6, 6.07) is 9.35. The topological polar surface area (TPSA) is 37.4 Å². The van der Waals surface area contributed by atoms with Gasteiger partial charge in [-0.05, 0) is 45.8 Å². The fourth-order valence-corrected chi connectivity index (χ4v) is 2.98. The van der Waals surface area contributed by atoms with Gasteiger partial charge >= 0.3 is 0 Å². The first-order valence-electron chi connectivity index (χ1n) is 6.07. The summed E-state index contributed by atoms with van der Waals surface area (Å²) in [5.74, 6) is -1.73. The van der Waals surface area contributed by atoms with Gasteiger partial charge in [0, 0.05) is 4.47 Å². The maximum Gasteiger partial charge on any atom is 0.299 e. The largest absolute Gasteiger partial charge is 0.299 e. The van der Waals surface area contributed by atoms with Crippen LogP contribution in [0.15, 0.2) is 40.9 Å². The molecular formula is C15H8BrClFNO2. The number of carbonyl (C=O) groups is 2. The van der Waals surface area contributed by atoms with E-state index in [4.69, 9.17) is 11.6 Å². The number of para-hydroxylation sites is 1. The number of fused-ring (bicyclic) bond motifs is 1. The molecule has 3 nitrogen and oxygen atoms in total. The van der Waals surface area contributed by atoms with Gasteiger partial charge in [0.2, 0.25) is 0 Å². The van der Waals surface area contributed by atoms with E-state index in [0.717, 1.165) is 0 Å². The van der Waals surface area contributed by atoms with Crippen molar-refractivity contribution < 1.29 is 14.0 Å². The molecule has 0 aliphatic carbocycles. The van der Waals surface area contributed by atoms with E-state index in [-0.39, 0.29) is 11.6 Å². The molecule has 1 heterocycles. The molecule has 0 saturated carbocycles. The minimum absolute atomic E-state index is 0.0177. The van der Waals surface area contributed by atoms with E-state index in [9.17, 15) is 14.0 Å². The van der Waals surface area contributed by atoms with Crippen molar-refractivity contribution in [2.45, 2.75) is 6.54 Å². The van der Waals surface area contributed by atoms with Crippen molar-refractivity contribution >= 4 is 44.9 Å². The van der Waals surface area contributed by atoms with Crippen LogP contribution in [0, 0.1) is 5.82 Å². The molecule has 0 fully saturated rings. The van der Waals surface area contributed by atoms with Gasteiger partial charge in [-0.3, -0.25) is 14.5 Å². The second kappa shape index (κ2) is 5.24. The van der Waals surface area contributed by atoms with Crippen LogP contribution in [0.5, 0.6) is 0 Å². The van der Waals surface area contributed by atoms with Crippen molar-refractivity contribution in [3.05, 3.63) is 62.8 Å². The van der Waals surface area contributed by atoms with Gasteiger partial charge in [-0.1, -0.05) is 23.7 Å². The van der Waals surface area contributed by atoms with Crippen LogP contribution in [0.25, 0.3) is 0 Å². The summed E-state index contributed by atoms with van der Waals surface area (Å²) in [4.78, 5) is 25.4. The Kier molecular flexibility index (Phi) is 3.55. The molecule has 1 aliphatic heterocycles. The zero-order chi connectivity index (χ0) is 15.1. The Morgan fingerprint density at radius 2 is 1.95 bits per heavy atom. The van der Waals surface area contributed by atoms with Gasteiger partial charge in [0.15, 0.2) is 0 Å². The Balaban J connectivity index is 2.02. The third-order valence-electron chi connectivity index (χ3n) is 3.27. The van der Waals surface area contributed by atoms with Crippen molar-refractivity contribution in [1.29, 1.82) is 0 Å². The number of nitrogens with zero attached hydrogens (tertiary/aromatic N) is 1. The Hall–Kier alpha value is -1.72. The number of hydrogen-bond acceptors (Lipinski definition) is 2. The van der Waals surface area contributed by atoms with Crippen LogP contribution >= 0.6 is 27.5 Å². The molecule has 0 atom stereocenters. The van der Waals surface area contributed by atoms with Crippen LogP contribution in [0.4, 0.5) is 10.1 Å². The summed E-state index contributed by atoms with van der Waals surface area (Å²) in [5.41, 5.74) is 1.42. The van der Waals surface area contributed by atoms with Gasteiger partial charge in [-0.25, -0.2) is 4.39 Å². The summed E-state index contributed by atoms with van der Waals surface area (Å²) >= 11 is 8.98. The first kappa shape index (κ1) is 14.2. The number of benzene rings is 2. The average Bonchev–Trinajstić information content (AvgIpc) is 2.69. The minimum Gasteiger partial charge on any atom is -0.299 e. The van der Waals surface area contributed by atoms with Gasteiger partial charge in [-0.15, -0.1) is 0 Å². The number of ketones is 1.